The number of carbonyl (C=O) groups excluding carboxylic acids is 2. The van der Waals surface area contributed by atoms with Gasteiger partial charge in [0.15, 0.2) is 11.6 Å². The first-order chi connectivity index (χ1) is 13.5. The Morgan fingerprint density at radius 3 is 2.68 bits per heavy atom. The Hall–Kier alpha value is -2.01. The number of hydrogen-bond acceptors (Lipinski definition) is 5. The number of unbranched alkanes of at least 4 members (excludes halogenated alkanes) is 4. The molecule has 1 N–H and O–H groups in total. The highest BCUT2D eigenvalue weighted by atomic mass is 16.8. The smallest absolute Gasteiger partial charge is 0.227 e. The Balaban J connectivity index is 1.99. The van der Waals surface area contributed by atoms with E-state index in [9.17, 15) is 9.59 Å². The Labute approximate surface area is 168 Å². The van der Waals surface area contributed by atoms with Crippen LogP contribution in [0.2, 0.25) is 0 Å². The normalized spacial score (nSPS) is 24.8. The van der Waals surface area contributed by atoms with E-state index in [4.69, 9.17) is 14.9 Å². The second-order valence-corrected chi connectivity index (χ2v) is 7.71. The lowest BCUT2D eigenvalue weighted by Gasteiger charge is -2.09. The van der Waals surface area contributed by atoms with Crippen LogP contribution in [0.15, 0.2) is 35.1 Å². The topological polar surface area (TPSA) is 79.8 Å². The Morgan fingerprint density at radius 1 is 1.18 bits per heavy atom. The number of ether oxygens (including phenoxy) is 2. The molecule has 5 nitrogen and oxygen atoms in total. The third-order valence-corrected chi connectivity index (χ3v) is 5.17. The molecule has 3 atom stereocenters. The average molecular weight is 388 g/mol. The molecule has 0 amide bonds. The van der Waals surface area contributed by atoms with Gasteiger partial charge < -0.3 is 14.9 Å². The summed E-state index contributed by atoms with van der Waals surface area (Å²) in [6.07, 6.45) is 13.3. The lowest BCUT2D eigenvalue weighted by molar-refractivity contribution is -0.128. The van der Waals surface area contributed by atoms with Crippen LogP contribution in [0.25, 0.3) is 0 Å². The number of fused-ring (bicyclic) bond motifs is 1. The molecule has 2 rings (SSSR count). The van der Waals surface area contributed by atoms with Gasteiger partial charge in [-0.2, -0.15) is 0 Å². The first kappa shape index (κ1) is 22.3. The minimum absolute atomic E-state index is 0.181. The van der Waals surface area contributed by atoms with Crippen molar-refractivity contribution in [3.63, 3.8) is 0 Å². The van der Waals surface area contributed by atoms with Gasteiger partial charge in [-0.15, -0.1) is 0 Å². The van der Waals surface area contributed by atoms with Gasteiger partial charge in [-0.1, -0.05) is 37.5 Å². The van der Waals surface area contributed by atoms with E-state index in [1.807, 2.05) is 12.2 Å². The van der Waals surface area contributed by atoms with Crippen molar-refractivity contribution in [3.05, 3.63) is 35.1 Å². The van der Waals surface area contributed by atoms with E-state index in [2.05, 4.69) is 13.8 Å². The zero-order chi connectivity index (χ0) is 20.5. The largest absolute Gasteiger partial charge is 0.466 e. The monoisotopic (exact) mass is 387 g/mol. The van der Waals surface area contributed by atoms with E-state index >= 15 is 0 Å². The van der Waals surface area contributed by atoms with Crippen molar-refractivity contribution in [2.45, 2.75) is 84.5 Å². The molecule has 0 aromatic carbocycles. The third kappa shape index (κ3) is 6.55. The quantitative estimate of drug-likeness (QED) is 0.127. The summed E-state index contributed by atoms with van der Waals surface area (Å²) < 4.78 is 11.2. The molecule has 1 fully saturated rings. The van der Waals surface area contributed by atoms with Crippen LogP contribution in [0.5, 0.6) is 0 Å². The molecule has 0 spiro atoms. The van der Waals surface area contributed by atoms with Gasteiger partial charge in [0.25, 0.3) is 0 Å². The third-order valence-electron chi connectivity index (χ3n) is 5.17. The number of nitrogens with one attached hydrogen (secondary N) is 1. The highest BCUT2D eigenvalue weighted by Gasteiger charge is 2.54. The van der Waals surface area contributed by atoms with E-state index < -0.39 is 18.3 Å². The summed E-state index contributed by atoms with van der Waals surface area (Å²) in [5.41, 5.74) is 1.81. The molecular formula is C23H33NO4. The molecule has 0 saturated carbocycles. The standard InChI is InChI=1S/C23H33NO4/c1-4-5-7-10-16(2)12-13-17(3)21(26)20-19(25)15-18(11-8-6-9-14-24)27-23-22(20)28-23/h12-15,20,22-24H,4-11H2,1-3H3/b16-12?,17-13+,24-14?. The van der Waals surface area contributed by atoms with Crippen molar-refractivity contribution in [1.29, 1.82) is 5.41 Å². The van der Waals surface area contributed by atoms with E-state index in [1.165, 1.54) is 30.7 Å². The number of rotatable bonds is 12. The lowest BCUT2D eigenvalue weighted by Crippen LogP contribution is -2.29. The number of allylic oxidation sites excluding steroid dienone is 6. The maximum absolute atomic E-state index is 12.9. The fraction of sp³-hybridized carbons (Fsp3) is 0.609. The molecule has 0 radical (unpaired) electrons. The maximum Gasteiger partial charge on any atom is 0.227 e. The van der Waals surface area contributed by atoms with Gasteiger partial charge in [-0.25, -0.2) is 0 Å². The molecular weight excluding hydrogens is 354 g/mol. The van der Waals surface area contributed by atoms with Crippen molar-refractivity contribution in [2.75, 3.05) is 0 Å². The van der Waals surface area contributed by atoms with Crippen LogP contribution >= 0.6 is 0 Å². The predicted molar refractivity (Wildman–Crippen MR) is 110 cm³/mol. The second-order valence-electron chi connectivity index (χ2n) is 7.71. The predicted octanol–water partition coefficient (Wildman–Crippen LogP) is 5.06. The molecule has 0 aliphatic carbocycles. The van der Waals surface area contributed by atoms with E-state index in [-0.39, 0.29) is 11.6 Å². The molecule has 0 bridgehead atoms. The molecule has 0 aromatic heterocycles. The Morgan fingerprint density at radius 2 is 1.96 bits per heavy atom. The van der Waals surface area contributed by atoms with Crippen LogP contribution in [0.3, 0.4) is 0 Å². The lowest BCUT2D eigenvalue weighted by atomic mass is 9.90. The van der Waals surface area contributed by atoms with Crippen LogP contribution in [-0.4, -0.2) is 30.2 Å². The number of ketones is 2. The van der Waals surface area contributed by atoms with Crippen LogP contribution in [0.4, 0.5) is 0 Å². The fourth-order valence-electron chi connectivity index (χ4n) is 3.32. The van der Waals surface area contributed by atoms with Crippen LogP contribution < -0.4 is 0 Å². The minimum atomic E-state index is -0.811. The summed E-state index contributed by atoms with van der Waals surface area (Å²) in [5.74, 6) is -0.631. The molecule has 28 heavy (non-hydrogen) atoms. The number of carbonyl (C=O) groups is 2. The van der Waals surface area contributed by atoms with Gasteiger partial charge in [-0.05, 0) is 57.7 Å². The van der Waals surface area contributed by atoms with Gasteiger partial charge in [0.2, 0.25) is 6.29 Å². The summed E-state index contributed by atoms with van der Waals surface area (Å²) >= 11 is 0. The van der Waals surface area contributed by atoms with E-state index in [0.29, 0.717) is 17.8 Å². The molecule has 2 aliphatic heterocycles. The summed E-state index contributed by atoms with van der Waals surface area (Å²) in [6.45, 7) is 6.01. The average Bonchev–Trinajstić information content (AvgIpc) is 3.42. The molecule has 2 heterocycles. The van der Waals surface area contributed by atoms with Crippen molar-refractivity contribution < 1.29 is 19.1 Å². The number of hydrogen-bond donors (Lipinski definition) is 1. The highest BCUT2D eigenvalue weighted by Crippen LogP contribution is 2.38. The van der Waals surface area contributed by atoms with Gasteiger partial charge in [0.05, 0.1) is 0 Å². The van der Waals surface area contributed by atoms with Gasteiger partial charge in [-0.3, -0.25) is 9.59 Å². The van der Waals surface area contributed by atoms with Crippen LogP contribution in [0.1, 0.15) is 72.1 Å². The summed E-state index contributed by atoms with van der Waals surface area (Å²) in [5, 5.41) is 7.06. The van der Waals surface area contributed by atoms with Gasteiger partial charge in [0, 0.05) is 12.5 Å². The molecule has 3 unspecified atom stereocenters. The van der Waals surface area contributed by atoms with E-state index in [1.54, 1.807) is 6.92 Å². The summed E-state index contributed by atoms with van der Waals surface area (Å²) in [6, 6.07) is 0. The first-order valence-electron chi connectivity index (χ1n) is 10.4. The SMILES string of the molecule is CCCCCC(C)=C/C=C(\C)C(=O)C1C(=O)C=C(CCCCC=N)OC2OC21. The molecule has 154 valence electrons. The van der Waals surface area contributed by atoms with Crippen molar-refractivity contribution >= 4 is 17.8 Å². The van der Waals surface area contributed by atoms with Crippen LogP contribution in [-0.2, 0) is 19.1 Å². The number of epoxide rings is 1. The highest BCUT2D eigenvalue weighted by molar-refractivity contribution is 6.14. The molecule has 5 heteroatoms. The van der Waals surface area contributed by atoms with Gasteiger partial charge >= 0.3 is 0 Å². The summed E-state index contributed by atoms with van der Waals surface area (Å²) in [7, 11) is 0. The summed E-state index contributed by atoms with van der Waals surface area (Å²) in [4.78, 5) is 25.5. The second kappa shape index (κ2) is 11.1. The van der Waals surface area contributed by atoms with Crippen molar-refractivity contribution in [2.24, 2.45) is 5.92 Å². The molecule has 0 aromatic rings. The zero-order valence-corrected chi connectivity index (χ0v) is 17.3. The Bertz CT molecular complexity index is 674. The van der Waals surface area contributed by atoms with Crippen molar-refractivity contribution in [1.82, 2.24) is 0 Å². The van der Waals surface area contributed by atoms with Crippen molar-refractivity contribution in [3.8, 4) is 0 Å². The first-order valence-corrected chi connectivity index (χ1v) is 10.4. The Kier molecular flexibility index (Phi) is 8.84. The van der Waals surface area contributed by atoms with E-state index in [0.717, 1.165) is 32.1 Å². The minimum Gasteiger partial charge on any atom is -0.466 e. The maximum atomic E-state index is 12.9. The fourth-order valence-corrected chi connectivity index (χ4v) is 3.32. The zero-order valence-electron chi connectivity index (χ0n) is 17.3. The molecule has 1 saturated heterocycles. The number of Topliss-reactive ketones (excluding diaryl/α,β-unsaturated/α-hetero) is 1. The molecule has 2 aliphatic rings. The van der Waals surface area contributed by atoms with Crippen LogP contribution in [0, 0.1) is 11.3 Å². The van der Waals surface area contributed by atoms with Gasteiger partial charge in [0.1, 0.15) is 17.8 Å².